The first-order valence-electron chi connectivity index (χ1n) is 8.87. The largest absolute Gasteiger partial charge is 0.456 e. The summed E-state index contributed by atoms with van der Waals surface area (Å²) in [4.78, 5) is 37.1. The SMILES string of the molecule is O=C1S/C(=C\c2ccc(-c3ccccc3[N+](=O)[O-])o2)C(=O)N1Cc1c(Cl)cccc1Cl. The number of carbonyl (C=O) groups excluding carboxylic acids is 2. The van der Waals surface area contributed by atoms with Crippen LogP contribution in [0.1, 0.15) is 11.3 Å². The number of nitro groups is 1. The van der Waals surface area contributed by atoms with Crippen molar-refractivity contribution < 1.29 is 18.9 Å². The fraction of sp³-hybridized carbons (Fsp3) is 0.0476. The highest BCUT2D eigenvalue weighted by Gasteiger charge is 2.36. The quantitative estimate of drug-likeness (QED) is 0.241. The average molecular weight is 475 g/mol. The van der Waals surface area contributed by atoms with Crippen LogP contribution in [0.4, 0.5) is 10.5 Å². The van der Waals surface area contributed by atoms with Gasteiger partial charge in [-0.15, -0.1) is 0 Å². The van der Waals surface area contributed by atoms with E-state index in [9.17, 15) is 19.7 Å². The van der Waals surface area contributed by atoms with Crippen LogP contribution >= 0.6 is 35.0 Å². The van der Waals surface area contributed by atoms with Gasteiger partial charge in [-0.3, -0.25) is 24.6 Å². The molecular weight excluding hydrogens is 463 g/mol. The van der Waals surface area contributed by atoms with E-state index in [1.54, 1.807) is 48.5 Å². The molecule has 0 saturated carbocycles. The molecule has 1 aliphatic heterocycles. The van der Waals surface area contributed by atoms with Crippen molar-refractivity contribution >= 4 is 57.9 Å². The smallest absolute Gasteiger partial charge is 0.293 e. The van der Waals surface area contributed by atoms with Gasteiger partial charge in [0, 0.05) is 27.8 Å². The van der Waals surface area contributed by atoms with Gasteiger partial charge >= 0.3 is 0 Å². The Balaban J connectivity index is 1.59. The van der Waals surface area contributed by atoms with Gasteiger partial charge in [0.05, 0.1) is 21.9 Å². The first-order chi connectivity index (χ1) is 14.8. The number of hydrogen-bond acceptors (Lipinski definition) is 6. The van der Waals surface area contributed by atoms with Crippen LogP contribution in [-0.2, 0) is 11.3 Å². The Morgan fingerprint density at radius 1 is 1.03 bits per heavy atom. The molecule has 1 saturated heterocycles. The second-order valence-electron chi connectivity index (χ2n) is 6.44. The van der Waals surface area contributed by atoms with E-state index in [-0.39, 0.29) is 28.7 Å². The van der Waals surface area contributed by atoms with E-state index in [1.165, 1.54) is 12.1 Å². The van der Waals surface area contributed by atoms with Crippen molar-refractivity contribution in [3.05, 3.63) is 91.0 Å². The molecule has 0 N–H and O–H groups in total. The topological polar surface area (TPSA) is 93.7 Å². The minimum Gasteiger partial charge on any atom is -0.456 e. The lowest BCUT2D eigenvalue weighted by molar-refractivity contribution is -0.384. The summed E-state index contributed by atoms with van der Waals surface area (Å²) in [7, 11) is 0. The number of halogens is 2. The molecule has 0 spiro atoms. The Hall–Kier alpha value is -3.07. The van der Waals surface area contributed by atoms with Crippen molar-refractivity contribution in [2.24, 2.45) is 0 Å². The lowest BCUT2D eigenvalue weighted by Crippen LogP contribution is -2.27. The molecule has 0 atom stereocenters. The first kappa shape index (κ1) is 21.2. The lowest BCUT2D eigenvalue weighted by Gasteiger charge is -2.14. The van der Waals surface area contributed by atoms with Crippen LogP contribution in [-0.4, -0.2) is 21.0 Å². The molecule has 3 aromatic rings. The van der Waals surface area contributed by atoms with Crippen LogP contribution in [0.25, 0.3) is 17.4 Å². The number of amides is 2. The number of thioether (sulfide) groups is 1. The maximum Gasteiger partial charge on any atom is 0.293 e. The maximum absolute atomic E-state index is 12.8. The van der Waals surface area contributed by atoms with Gasteiger partial charge in [0.15, 0.2) is 0 Å². The number of benzene rings is 2. The fourth-order valence-electron chi connectivity index (χ4n) is 3.02. The second-order valence-corrected chi connectivity index (χ2v) is 8.25. The molecule has 0 aliphatic carbocycles. The number of carbonyl (C=O) groups is 2. The third-order valence-corrected chi connectivity index (χ3v) is 6.13. The summed E-state index contributed by atoms with van der Waals surface area (Å²) in [6.45, 7) is -0.0554. The molecule has 0 bridgehead atoms. The predicted molar refractivity (Wildman–Crippen MR) is 119 cm³/mol. The number of nitro benzene ring substituents is 1. The van der Waals surface area contributed by atoms with E-state index in [4.69, 9.17) is 27.6 Å². The molecule has 2 aromatic carbocycles. The molecule has 7 nitrogen and oxygen atoms in total. The van der Waals surface area contributed by atoms with Crippen molar-refractivity contribution in [2.75, 3.05) is 0 Å². The minimum atomic E-state index is -0.505. The summed E-state index contributed by atoms with van der Waals surface area (Å²) in [6, 6.07) is 14.3. The Bertz CT molecular complexity index is 1230. The zero-order chi connectivity index (χ0) is 22.1. The molecule has 2 heterocycles. The molecular formula is C21H12Cl2N2O5S. The van der Waals surface area contributed by atoms with Crippen LogP contribution in [0.15, 0.2) is 63.9 Å². The third kappa shape index (κ3) is 4.23. The van der Waals surface area contributed by atoms with Gasteiger partial charge in [-0.2, -0.15) is 0 Å². The molecule has 1 aliphatic rings. The van der Waals surface area contributed by atoms with Crippen LogP contribution in [0.3, 0.4) is 0 Å². The zero-order valence-corrected chi connectivity index (χ0v) is 17.9. The molecule has 156 valence electrons. The number of hydrogen-bond donors (Lipinski definition) is 0. The maximum atomic E-state index is 12.8. The highest BCUT2D eigenvalue weighted by Crippen LogP contribution is 2.37. The van der Waals surface area contributed by atoms with Gasteiger partial charge in [0.2, 0.25) is 0 Å². The van der Waals surface area contributed by atoms with Crippen molar-refractivity contribution in [2.45, 2.75) is 6.54 Å². The van der Waals surface area contributed by atoms with E-state index in [2.05, 4.69) is 0 Å². The van der Waals surface area contributed by atoms with Gasteiger partial charge in [0.25, 0.3) is 16.8 Å². The molecule has 2 amide bonds. The van der Waals surface area contributed by atoms with Gasteiger partial charge in [-0.05, 0) is 42.1 Å². The summed E-state index contributed by atoms with van der Waals surface area (Å²) in [6.07, 6.45) is 1.43. The molecule has 10 heteroatoms. The van der Waals surface area contributed by atoms with Gasteiger partial charge in [0.1, 0.15) is 11.5 Å². The molecule has 4 rings (SSSR count). The monoisotopic (exact) mass is 474 g/mol. The third-order valence-electron chi connectivity index (χ3n) is 4.52. The van der Waals surface area contributed by atoms with E-state index in [0.717, 1.165) is 16.7 Å². The number of rotatable bonds is 5. The molecule has 1 aromatic heterocycles. The molecule has 0 radical (unpaired) electrons. The Morgan fingerprint density at radius 2 is 1.74 bits per heavy atom. The average Bonchev–Trinajstić information content (AvgIpc) is 3.30. The van der Waals surface area contributed by atoms with E-state index >= 15 is 0 Å². The van der Waals surface area contributed by atoms with Crippen molar-refractivity contribution in [1.29, 1.82) is 0 Å². The first-order valence-corrected chi connectivity index (χ1v) is 10.4. The highest BCUT2D eigenvalue weighted by atomic mass is 35.5. The van der Waals surface area contributed by atoms with Gasteiger partial charge < -0.3 is 4.42 Å². The minimum absolute atomic E-state index is 0.0554. The normalized spacial score (nSPS) is 15.2. The Morgan fingerprint density at radius 3 is 2.45 bits per heavy atom. The van der Waals surface area contributed by atoms with Crippen LogP contribution < -0.4 is 0 Å². The van der Waals surface area contributed by atoms with Crippen LogP contribution in [0, 0.1) is 10.1 Å². The molecule has 0 unspecified atom stereocenters. The number of nitrogens with zero attached hydrogens (tertiary/aromatic N) is 2. The summed E-state index contributed by atoms with van der Waals surface area (Å²) in [5, 5.41) is 11.5. The summed E-state index contributed by atoms with van der Waals surface area (Å²) < 4.78 is 5.68. The lowest BCUT2D eigenvalue weighted by atomic mass is 10.1. The van der Waals surface area contributed by atoms with E-state index in [0.29, 0.717) is 21.2 Å². The second kappa shape index (κ2) is 8.58. The van der Waals surface area contributed by atoms with Crippen molar-refractivity contribution in [3.63, 3.8) is 0 Å². The number of para-hydroxylation sites is 1. The number of imide groups is 1. The highest BCUT2D eigenvalue weighted by molar-refractivity contribution is 8.18. The predicted octanol–water partition coefficient (Wildman–Crippen LogP) is 6.40. The number of furan rings is 1. The Labute approximate surface area is 190 Å². The Kier molecular flexibility index (Phi) is 5.86. The molecule has 31 heavy (non-hydrogen) atoms. The summed E-state index contributed by atoms with van der Waals surface area (Å²) in [5.41, 5.74) is 0.694. The standard InChI is InChI=1S/C21H12Cl2N2O5S/c22-15-5-3-6-16(23)14(15)11-24-20(26)19(31-21(24)27)10-12-8-9-18(30-12)13-4-1-2-7-17(13)25(28)29/h1-10H,11H2/b19-10-. The van der Waals surface area contributed by atoms with E-state index < -0.39 is 16.1 Å². The van der Waals surface area contributed by atoms with Crippen molar-refractivity contribution in [1.82, 2.24) is 4.90 Å². The summed E-state index contributed by atoms with van der Waals surface area (Å²) >= 11 is 13.1. The molecule has 1 fully saturated rings. The van der Waals surface area contributed by atoms with Crippen LogP contribution in [0.2, 0.25) is 10.0 Å². The van der Waals surface area contributed by atoms with Crippen LogP contribution in [0.5, 0.6) is 0 Å². The van der Waals surface area contributed by atoms with E-state index in [1.807, 2.05) is 0 Å². The van der Waals surface area contributed by atoms with Gasteiger partial charge in [-0.25, -0.2) is 0 Å². The zero-order valence-electron chi connectivity index (χ0n) is 15.6. The van der Waals surface area contributed by atoms with Gasteiger partial charge in [-0.1, -0.05) is 41.4 Å². The fourth-order valence-corrected chi connectivity index (χ4v) is 4.36. The van der Waals surface area contributed by atoms with Crippen molar-refractivity contribution in [3.8, 4) is 11.3 Å². The summed E-state index contributed by atoms with van der Waals surface area (Å²) in [5.74, 6) is 0.0599.